The lowest BCUT2D eigenvalue weighted by Gasteiger charge is -2.38. The monoisotopic (exact) mass is 525 g/mol. The molecule has 34 heavy (non-hydrogen) atoms. The van der Waals surface area contributed by atoms with Crippen LogP contribution in [0, 0.1) is 5.82 Å². The quantitative estimate of drug-likeness (QED) is 0.506. The van der Waals surface area contributed by atoms with Crippen LogP contribution in [0.3, 0.4) is 0 Å². The van der Waals surface area contributed by atoms with Gasteiger partial charge in [-0.05, 0) is 18.4 Å². The zero-order chi connectivity index (χ0) is 25.5. The molecule has 0 amide bonds. The maximum Gasteiger partial charge on any atom is 0.418 e. The smallest absolute Gasteiger partial charge is 0.418 e. The van der Waals surface area contributed by atoms with Crippen LogP contribution < -0.4 is 14.2 Å². The Hall–Kier alpha value is -2.82. The number of nitrogens with one attached hydrogen (secondary N) is 2. The van der Waals surface area contributed by atoms with E-state index in [0.29, 0.717) is 6.07 Å². The normalized spacial score (nSPS) is 18.8. The number of aromatic amines is 1. The number of nitrogens with zero attached hydrogens (tertiary/aromatic N) is 1. The lowest BCUT2D eigenvalue weighted by molar-refractivity contribution is -0.330. The fourth-order valence-corrected chi connectivity index (χ4v) is 4.79. The summed E-state index contributed by atoms with van der Waals surface area (Å²) >= 11 is 0. The number of pyridine rings is 1. The van der Waals surface area contributed by atoms with E-state index in [1.54, 1.807) is 0 Å². The molecule has 2 aromatic heterocycles. The van der Waals surface area contributed by atoms with Crippen molar-refractivity contribution in [1.29, 1.82) is 0 Å². The van der Waals surface area contributed by atoms with Crippen molar-refractivity contribution in [3.05, 3.63) is 29.3 Å². The summed E-state index contributed by atoms with van der Waals surface area (Å²) in [7, 11) is -3.65. The van der Waals surface area contributed by atoms with Gasteiger partial charge in [-0.2, -0.15) is 35.7 Å². The minimum Gasteiger partial charge on any atom is -0.479 e. The number of anilines is 1. The molecule has 2 aromatic rings. The van der Waals surface area contributed by atoms with Gasteiger partial charge in [-0.25, -0.2) is 12.8 Å². The highest BCUT2D eigenvalue weighted by molar-refractivity contribution is 7.92. The van der Waals surface area contributed by atoms with E-state index in [4.69, 9.17) is 4.74 Å². The summed E-state index contributed by atoms with van der Waals surface area (Å²) in [6, 6.07) is 0.450. The second-order valence-corrected chi connectivity index (χ2v) is 8.62. The molecule has 0 radical (unpaired) electrons. The predicted molar refractivity (Wildman–Crippen MR) is 96.9 cm³/mol. The Kier molecular flexibility index (Phi) is 6.89. The minimum atomic E-state index is -5.18. The average molecular weight is 525 g/mol. The third-order valence-electron chi connectivity index (χ3n) is 4.95. The molecule has 8 nitrogen and oxygen atoms in total. The van der Waals surface area contributed by atoms with Gasteiger partial charge < -0.3 is 19.2 Å². The largest absolute Gasteiger partial charge is 0.479 e. The van der Waals surface area contributed by atoms with E-state index in [2.05, 4.69) is 19.4 Å². The molecule has 1 atom stereocenters. The molecule has 0 fully saturated rings. The SMILES string of the molecule is COc1nc(OC(F)F)c(F)cc1NS(=O)(=O)c1c[nH]c2c1CC[C@@](OC(F)F)(C(F)(F)F)C2. The molecule has 0 unspecified atom stereocenters. The first kappa shape index (κ1) is 25.8. The van der Waals surface area contributed by atoms with Crippen LogP contribution in [0.1, 0.15) is 17.7 Å². The number of rotatable bonds is 8. The molecule has 1 aliphatic rings. The maximum atomic E-state index is 14.0. The van der Waals surface area contributed by atoms with E-state index < -0.39 is 82.4 Å². The lowest BCUT2D eigenvalue weighted by atomic mass is 9.83. The number of sulfonamides is 1. The molecule has 1 aliphatic carbocycles. The molecule has 0 spiro atoms. The summed E-state index contributed by atoms with van der Waals surface area (Å²) in [5, 5.41) is 0. The van der Waals surface area contributed by atoms with Gasteiger partial charge in [0.05, 0.1) is 7.11 Å². The Morgan fingerprint density at radius 2 is 1.85 bits per heavy atom. The second-order valence-electron chi connectivity index (χ2n) is 6.97. The van der Waals surface area contributed by atoms with E-state index in [1.807, 2.05) is 4.72 Å². The second kappa shape index (κ2) is 9.09. The van der Waals surface area contributed by atoms with Gasteiger partial charge in [-0.1, -0.05) is 0 Å². The van der Waals surface area contributed by atoms with Crippen molar-refractivity contribution in [3.63, 3.8) is 0 Å². The molecule has 2 heterocycles. The van der Waals surface area contributed by atoms with Crippen LogP contribution >= 0.6 is 0 Å². The van der Waals surface area contributed by atoms with Gasteiger partial charge in [0, 0.05) is 24.4 Å². The van der Waals surface area contributed by atoms with Crippen LogP contribution in [-0.2, 0) is 27.6 Å². The van der Waals surface area contributed by atoms with Gasteiger partial charge in [0.15, 0.2) is 11.4 Å². The van der Waals surface area contributed by atoms with Crippen molar-refractivity contribution in [2.45, 2.75) is 49.2 Å². The number of fused-ring (bicyclic) bond motifs is 1. The van der Waals surface area contributed by atoms with Crippen molar-refractivity contribution >= 4 is 15.7 Å². The summed E-state index contributed by atoms with van der Waals surface area (Å²) in [6.45, 7) is -7.16. The molecule has 3 rings (SSSR count). The number of aromatic nitrogens is 2. The fraction of sp³-hybridized carbons (Fsp3) is 0.471. The highest BCUT2D eigenvalue weighted by atomic mass is 32.2. The molecular formula is C17H15F8N3O5S. The van der Waals surface area contributed by atoms with Crippen molar-refractivity contribution in [2.24, 2.45) is 0 Å². The van der Waals surface area contributed by atoms with Crippen LogP contribution in [0.25, 0.3) is 0 Å². The van der Waals surface area contributed by atoms with E-state index in [9.17, 15) is 43.5 Å². The van der Waals surface area contributed by atoms with E-state index in [0.717, 1.165) is 13.3 Å². The van der Waals surface area contributed by atoms with Gasteiger partial charge >= 0.3 is 19.4 Å². The standard InChI is InChI=1S/C17H15F8N3O5S/c1-31-13-9(4-8(18)12(27-13)32-14(19)20)28-34(29,30)11-6-26-10-5-16(17(23,24)25,33-15(21)22)3-2-7(10)11/h4,6,14-15,26,28H,2-3,5H2,1H3/t16-/m0/s1. The van der Waals surface area contributed by atoms with Gasteiger partial charge in [-0.15, -0.1) is 0 Å². The zero-order valence-corrected chi connectivity index (χ0v) is 17.7. The summed E-state index contributed by atoms with van der Waals surface area (Å²) in [5.74, 6) is -3.28. The number of hydrogen-bond acceptors (Lipinski definition) is 6. The van der Waals surface area contributed by atoms with Crippen LogP contribution in [0.5, 0.6) is 11.8 Å². The molecule has 0 aliphatic heterocycles. The zero-order valence-electron chi connectivity index (χ0n) is 16.9. The van der Waals surface area contributed by atoms with Gasteiger partial charge in [0.1, 0.15) is 10.6 Å². The number of alkyl halides is 7. The topological polar surface area (TPSA) is 103 Å². The first-order chi connectivity index (χ1) is 15.7. The molecular weight excluding hydrogens is 510 g/mol. The molecule has 17 heteroatoms. The van der Waals surface area contributed by atoms with Crippen molar-refractivity contribution in [1.82, 2.24) is 9.97 Å². The Bertz CT molecular complexity index is 1150. The lowest BCUT2D eigenvalue weighted by Crippen LogP contribution is -2.52. The molecule has 0 saturated carbocycles. The molecule has 0 saturated heterocycles. The van der Waals surface area contributed by atoms with Gasteiger partial charge in [0.25, 0.3) is 15.9 Å². The summed E-state index contributed by atoms with van der Waals surface area (Å²) < 4.78 is 145. The molecule has 0 bridgehead atoms. The van der Waals surface area contributed by atoms with E-state index >= 15 is 0 Å². The minimum absolute atomic E-state index is 0.129. The van der Waals surface area contributed by atoms with Crippen molar-refractivity contribution in [2.75, 3.05) is 11.8 Å². The number of halogens is 8. The summed E-state index contributed by atoms with van der Waals surface area (Å²) in [6.07, 6.45) is -7.06. The number of hydrogen-bond donors (Lipinski definition) is 2. The first-order valence-corrected chi connectivity index (χ1v) is 10.6. The number of ether oxygens (including phenoxy) is 3. The van der Waals surface area contributed by atoms with Crippen molar-refractivity contribution < 1.29 is 57.8 Å². The predicted octanol–water partition coefficient (Wildman–Crippen LogP) is 3.99. The van der Waals surface area contributed by atoms with Crippen molar-refractivity contribution in [3.8, 4) is 11.8 Å². The Labute approximate surface area is 186 Å². The van der Waals surface area contributed by atoms with Crippen LogP contribution in [0.4, 0.5) is 40.8 Å². The first-order valence-electron chi connectivity index (χ1n) is 9.13. The average Bonchev–Trinajstić information content (AvgIpc) is 3.12. The van der Waals surface area contributed by atoms with Gasteiger partial charge in [0.2, 0.25) is 5.88 Å². The Balaban J connectivity index is 1.94. The van der Waals surface area contributed by atoms with E-state index in [-0.39, 0.29) is 11.3 Å². The Morgan fingerprint density at radius 3 is 2.41 bits per heavy atom. The summed E-state index contributed by atoms with van der Waals surface area (Å²) in [4.78, 5) is 5.08. The third-order valence-corrected chi connectivity index (χ3v) is 6.38. The Morgan fingerprint density at radius 1 is 1.18 bits per heavy atom. The fourth-order valence-electron chi connectivity index (χ4n) is 3.48. The van der Waals surface area contributed by atoms with Crippen LogP contribution in [0.15, 0.2) is 17.2 Å². The number of H-pyrrole nitrogens is 1. The van der Waals surface area contributed by atoms with Crippen LogP contribution in [0.2, 0.25) is 0 Å². The number of methoxy groups -OCH3 is 1. The van der Waals surface area contributed by atoms with Crippen LogP contribution in [-0.4, -0.2) is 50.5 Å². The van der Waals surface area contributed by atoms with Gasteiger partial charge in [-0.3, -0.25) is 4.72 Å². The highest BCUT2D eigenvalue weighted by Crippen LogP contribution is 2.45. The third kappa shape index (κ3) is 4.98. The molecule has 190 valence electrons. The van der Waals surface area contributed by atoms with E-state index in [1.165, 1.54) is 0 Å². The highest BCUT2D eigenvalue weighted by Gasteiger charge is 2.59. The molecule has 2 N–H and O–H groups in total. The summed E-state index contributed by atoms with van der Waals surface area (Å²) in [5.41, 5.74) is -4.29. The molecule has 0 aromatic carbocycles. The maximum absolute atomic E-state index is 14.0.